The Hall–Kier alpha value is -2.55. The van der Waals surface area contributed by atoms with Gasteiger partial charge < -0.3 is 15.4 Å². The number of carbonyl (C=O) groups excluding carboxylic acids is 2. The van der Waals surface area contributed by atoms with E-state index in [0.29, 0.717) is 10.0 Å². The molecule has 0 bridgehead atoms. The molecule has 138 valence electrons. The summed E-state index contributed by atoms with van der Waals surface area (Å²) in [7, 11) is 0. The normalized spacial score (nSPS) is 10.5. The minimum absolute atomic E-state index is 0.0566. The van der Waals surface area contributed by atoms with Crippen LogP contribution in [0.3, 0.4) is 0 Å². The van der Waals surface area contributed by atoms with E-state index in [0.717, 1.165) is 12.1 Å². The van der Waals surface area contributed by atoms with Crippen molar-refractivity contribution in [2.24, 2.45) is 0 Å². The molecule has 0 radical (unpaired) electrons. The fourth-order valence-corrected chi connectivity index (χ4v) is 2.43. The van der Waals surface area contributed by atoms with Gasteiger partial charge in [0, 0.05) is 22.1 Å². The van der Waals surface area contributed by atoms with Gasteiger partial charge in [0.05, 0.1) is 6.54 Å². The van der Waals surface area contributed by atoms with Crippen LogP contribution in [0, 0.1) is 5.82 Å². The molecule has 0 aliphatic carbocycles. The number of halogens is 4. The molecule has 0 atom stereocenters. The minimum Gasteiger partial charge on any atom is -0.434 e. The van der Waals surface area contributed by atoms with E-state index in [2.05, 4.69) is 31.3 Å². The first-order valence-electron chi connectivity index (χ1n) is 7.39. The number of hydrogen-bond acceptors (Lipinski definition) is 3. The molecule has 2 aromatic rings. The van der Waals surface area contributed by atoms with Gasteiger partial charge in [-0.1, -0.05) is 15.9 Å². The number of alkyl halides is 2. The highest BCUT2D eigenvalue weighted by Gasteiger charge is 2.12. The summed E-state index contributed by atoms with van der Waals surface area (Å²) >= 11 is 3.21. The maximum atomic E-state index is 12.8. The maximum absolute atomic E-state index is 12.8. The minimum atomic E-state index is -2.99. The Kier molecular flexibility index (Phi) is 7.02. The molecule has 2 aromatic carbocycles. The van der Waals surface area contributed by atoms with Gasteiger partial charge >= 0.3 is 6.61 Å². The molecule has 0 heterocycles. The summed E-state index contributed by atoms with van der Waals surface area (Å²) in [4.78, 5) is 23.7. The lowest BCUT2D eigenvalue weighted by Crippen LogP contribution is -2.36. The van der Waals surface area contributed by atoms with Crippen molar-refractivity contribution >= 4 is 27.7 Å². The Bertz CT molecular complexity index is 785. The molecule has 2 amide bonds. The van der Waals surface area contributed by atoms with Gasteiger partial charge in [0.1, 0.15) is 11.6 Å². The van der Waals surface area contributed by atoms with Crippen LogP contribution in [0.5, 0.6) is 5.75 Å². The van der Waals surface area contributed by atoms with Crippen molar-refractivity contribution in [2.45, 2.75) is 13.2 Å². The Morgan fingerprint density at radius 1 is 1.08 bits per heavy atom. The molecule has 9 heteroatoms. The SMILES string of the molecule is O=C(CNC(=O)c1ccc(F)cc1)NCc1cc(Br)ccc1OC(F)F. The average Bonchev–Trinajstić information content (AvgIpc) is 2.60. The summed E-state index contributed by atoms with van der Waals surface area (Å²) in [6, 6.07) is 9.27. The van der Waals surface area contributed by atoms with Crippen LogP contribution in [-0.2, 0) is 11.3 Å². The standard InChI is InChI=1S/C17H14BrF3N2O3/c18-12-3-6-14(26-17(20)21)11(7-12)8-22-15(24)9-23-16(25)10-1-4-13(19)5-2-10/h1-7,17H,8-9H2,(H,22,24)(H,23,25). The molecule has 26 heavy (non-hydrogen) atoms. The number of amides is 2. The number of benzene rings is 2. The second-order valence-electron chi connectivity index (χ2n) is 5.10. The zero-order chi connectivity index (χ0) is 19.1. The molecule has 0 aromatic heterocycles. The molecule has 0 saturated carbocycles. The molecule has 0 saturated heterocycles. The molecule has 0 fully saturated rings. The quantitative estimate of drug-likeness (QED) is 0.708. The van der Waals surface area contributed by atoms with E-state index in [-0.39, 0.29) is 24.4 Å². The summed E-state index contributed by atoms with van der Waals surface area (Å²) in [6.07, 6.45) is 0. The van der Waals surface area contributed by atoms with Gasteiger partial charge in [-0.2, -0.15) is 8.78 Å². The maximum Gasteiger partial charge on any atom is 0.387 e. The fourth-order valence-electron chi connectivity index (χ4n) is 2.02. The van der Waals surface area contributed by atoms with E-state index >= 15 is 0 Å². The van der Waals surface area contributed by atoms with E-state index in [9.17, 15) is 22.8 Å². The lowest BCUT2D eigenvalue weighted by Gasteiger charge is -2.12. The molecular formula is C17H14BrF3N2O3. The molecular weight excluding hydrogens is 417 g/mol. The van der Waals surface area contributed by atoms with Gasteiger partial charge in [-0.25, -0.2) is 4.39 Å². The van der Waals surface area contributed by atoms with Gasteiger partial charge in [-0.05, 0) is 42.5 Å². The van der Waals surface area contributed by atoms with Crippen molar-refractivity contribution in [3.8, 4) is 5.75 Å². The fraction of sp³-hybridized carbons (Fsp3) is 0.176. The van der Waals surface area contributed by atoms with Crippen molar-refractivity contribution in [1.29, 1.82) is 0 Å². The van der Waals surface area contributed by atoms with Crippen LogP contribution in [-0.4, -0.2) is 25.0 Å². The van der Waals surface area contributed by atoms with Crippen molar-refractivity contribution in [2.75, 3.05) is 6.54 Å². The molecule has 0 aliphatic heterocycles. The average molecular weight is 431 g/mol. The summed E-state index contributed by atoms with van der Waals surface area (Å²) in [5, 5.41) is 4.88. The van der Waals surface area contributed by atoms with Crippen LogP contribution in [0.4, 0.5) is 13.2 Å². The number of hydrogen-bond donors (Lipinski definition) is 2. The van der Waals surface area contributed by atoms with Crippen molar-refractivity contribution in [3.05, 3.63) is 63.9 Å². The van der Waals surface area contributed by atoms with E-state index in [4.69, 9.17) is 0 Å². The van der Waals surface area contributed by atoms with Crippen molar-refractivity contribution in [3.63, 3.8) is 0 Å². The topological polar surface area (TPSA) is 67.4 Å². The van der Waals surface area contributed by atoms with Gasteiger partial charge in [0.2, 0.25) is 5.91 Å². The first kappa shape index (κ1) is 19.8. The third-order valence-corrected chi connectivity index (χ3v) is 3.72. The summed E-state index contributed by atoms with van der Waals surface area (Å²) in [6.45, 7) is -3.37. The Labute approximate surface area is 155 Å². The van der Waals surface area contributed by atoms with Crippen LogP contribution >= 0.6 is 15.9 Å². The van der Waals surface area contributed by atoms with E-state index < -0.39 is 24.2 Å². The van der Waals surface area contributed by atoms with Gasteiger partial charge in [0.15, 0.2) is 0 Å². The third-order valence-electron chi connectivity index (χ3n) is 3.23. The van der Waals surface area contributed by atoms with Crippen molar-refractivity contribution < 1.29 is 27.5 Å². The number of ether oxygens (including phenoxy) is 1. The highest BCUT2D eigenvalue weighted by Crippen LogP contribution is 2.24. The highest BCUT2D eigenvalue weighted by atomic mass is 79.9. The van der Waals surface area contributed by atoms with Crippen LogP contribution in [0.15, 0.2) is 46.9 Å². The van der Waals surface area contributed by atoms with Gasteiger partial charge in [0.25, 0.3) is 5.91 Å². The molecule has 2 N–H and O–H groups in total. The van der Waals surface area contributed by atoms with Gasteiger partial charge in [-0.15, -0.1) is 0 Å². The second kappa shape index (κ2) is 9.23. The van der Waals surface area contributed by atoms with Crippen LogP contribution in [0.1, 0.15) is 15.9 Å². The first-order valence-corrected chi connectivity index (χ1v) is 8.18. The molecule has 5 nitrogen and oxygen atoms in total. The zero-order valence-corrected chi connectivity index (χ0v) is 14.9. The summed E-state index contributed by atoms with van der Waals surface area (Å²) in [5.74, 6) is -1.60. The molecule has 0 spiro atoms. The summed E-state index contributed by atoms with van der Waals surface area (Å²) < 4.78 is 42.6. The monoisotopic (exact) mass is 430 g/mol. The van der Waals surface area contributed by atoms with E-state index in [1.165, 1.54) is 30.3 Å². The zero-order valence-electron chi connectivity index (χ0n) is 13.3. The van der Waals surface area contributed by atoms with Gasteiger partial charge in [-0.3, -0.25) is 9.59 Å². The van der Waals surface area contributed by atoms with Crippen LogP contribution in [0.2, 0.25) is 0 Å². The Balaban J connectivity index is 1.88. The number of rotatable bonds is 7. The molecule has 2 rings (SSSR count). The lowest BCUT2D eigenvalue weighted by atomic mass is 10.2. The van der Waals surface area contributed by atoms with Crippen LogP contribution < -0.4 is 15.4 Å². The molecule has 0 aliphatic rings. The smallest absolute Gasteiger partial charge is 0.387 e. The predicted molar refractivity (Wildman–Crippen MR) is 91.4 cm³/mol. The number of nitrogens with one attached hydrogen (secondary N) is 2. The number of carbonyl (C=O) groups is 2. The third kappa shape index (κ3) is 6.07. The van der Waals surface area contributed by atoms with E-state index in [1.54, 1.807) is 0 Å². The van der Waals surface area contributed by atoms with Crippen LogP contribution in [0.25, 0.3) is 0 Å². The van der Waals surface area contributed by atoms with Crippen molar-refractivity contribution in [1.82, 2.24) is 10.6 Å². The molecule has 0 unspecified atom stereocenters. The first-order chi connectivity index (χ1) is 12.3. The highest BCUT2D eigenvalue weighted by molar-refractivity contribution is 9.10. The Morgan fingerprint density at radius 3 is 2.42 bits per heavy atom. The largest absolute Gasteiger partial charge is 0.434 e. The Morgan fingerprint density at radius 2 is 1.77 bits per heavy atom. The van der Waals surface area contributed by atoms with E-state index in [1.807, 2.05) is 0 Å². The lowest BCUT2D eigenvalue weighted by molar-refractivity contribution is -0.120. The summed E-state index contributed by atoms with van der Waals surface area (Å²) in [5.41, 5.74) is 0.552. The predicted octanol–water partition coefficient (Wildman–Crippen LogP) is 3.24. The second-order valence-corrected chi connectivity index (χ2v) is 6.01.